The summed E-state index contributed by atoms with van der Waals surface area (Å²) in [4.78, 5) is 29.8. The molecule has 0 unspecified atom stereocenters. The lowest BCUT2D eigenvalue weighted by atomic mass is 10.2. The number of rotatable bonds is 5. The summed E-state index contributed by atoms with van der Waals surface area (Å²) in [6.07, 6.45) is 1.92. The van der Waals surface area contributed by atoms with E-state index >= 15 is 0 Å². The molecular weight excluding hydrogens is 388 g/mol. The molecule has 0 bridgehead atoms. The number of carbonyl (C=O) groups excluding carboxylic acids is 2. The third-order valence-electron chi connectivity index (χ3n) is 4.58. The molecule has 2 heterocycles. The highest BCUT2D eigenvalue weighted by molar-refractivity contribution is 7.19. The van der Waals surface area contributed by atoms with Crippen LogP contribution in [-0.4, -0.2) is 28.3 Å². The smallest absolute Gasteiger partial charge is 0.267 e. The number of amides is 2. The Morgan fingerprint density at radius 2 is 1.79 bits per heavy atom. The monoisotopic (exact) mass is 406 g/mol. The highest BCUT2D eigenvalue weighted by Crippen LogP contribution is 2.28. The van der Waals surface area contributed by atoms with Crippen molar-refractivity contribution in [2.75, 3.05) is 12.4 Å². The number of nitrogens with zero attached hydrogens (tertiary/aromatic N) is 2. The summed E-state index contributed by atoms with van der Waals surface area (Å²) >= 11 is 1.32. The van der Waals surface area contributed by atoms with E-state index in [1.165, 1.54) is 11.3 Å². The molecule has 0 aliphatic rings. The lowest BCUT2D eigenvalue weighted by Gasteiger charge is -2.05. The molecule has 0 atom stereocenters. The minimum Gasteiger partial charge on any atom is -0.497 e. The molecule has 7 nitrogen and oxygen atoms in total. The molecule has 0 spiro atoms. The third-order valence-corrected chi connectivity index (χ3v) is 5.73. The number of benzene rings is 2. The number of nitrogens with two attached hydrogens (primary N) is 1. The Bertz CT molecular complexity index is 1210. The van der Waals surface area contributed by atoms with Crippen molar-refractivity contribution in [2.45, 2.75) is 6.92 Å². The minimum absolute atomic E-state index is 0.226. The summed E-state index contributed by atoms with van der Waals surface area (Å²) < 4.78 is 7.10. The van der Waals surface area contributed by atoms with Crippen LogP contribution in [0.1, 0.15) is 25.7 Å². The summed E-state index contributed by atoms with van der Waals surface area (Å²) in [5.41, 5.74) is 8.82. The molecule has 2 aromatic heterocycles. The molecule has 2 aromatic carbocycles. The van der Waals surface area contributed by atoms with E-state index < -0.39 is 5.91 Å². The summed E-state index contributed by atoms with van der Waals surface area (Å²) in [6.45, 7) is 1.88. The highest BCUT2D eigenvalue weighted by Gasteiger charge is 2.18. The second kappa shape index (κ2) is 7.40. The van der Waals surface area contributed by atoms with Gasteiger partial charge in [-0.1, -0.05) is 11.3 Å². The SMILES string of the molecule is COc1ccc(-c2cn3c(C)c(C(=O)Nc4ccc(C(N)=O)cc4)sc3n2)cc1. The molecule has 4 aromatic rings. The summed E-state index contributed by atoms with van der Waals surface area (Å²) in [7, 11) is 1.63. The number of imidazole rings is 1. The lowest BCUT2D eigenvalue weighted by Crippen LogP contribution is -2.13. The molecule has 4 rings (SSSR count). The molecule has 0 aliphatic heterocycles. The first kappa shape index (κ1) is 18.7. The van der Waals surface area contributed by atoms with Crippen LogP contribution in [0.5, 0.6) is 5.75 Å². The van der Waals surface area contributed by atoms with E-state index in [4.69, 9.17) is 10.5 Å². The molecule has 0 radical (unpaired) electrons. The molecule has 8 heteroatoms. The van der Waals surface area contributed by atoms with Crippen LogP contribution in [-0.2, 0) is 0 Å². The number of hydrogen-bond donors (Lipinski definition) is 2. The van der Waals surface area contributed by atoms with Crippen molar-refractivity contribution in [3.8, 4) is 17.0 Å². The third kappa shape index (κ3) is 3.57. The molecule has 0 saturated carbocycles. The number of fused-ring (bicyclic) bond motifs is 1. The first-order valence-electron chi connectivity index (χ1n) is 8.80. The fraction of sp³-hybridized carbons (Fsp3) is 0.0952. The Morgan fingerprint density at radius 1 is 1.10 bits per heavy atom. The van der Waals surface area contributed by atoms with Crippen molar-refractivity contribution in [1.29, 1.82) is 0 Å². The Balaban J connectivity index is 1.57. The van der Waals surface area contributed by atoms with Crippen molar-refractivity contribution in [3.63, 3.8) is 0 Å². The molecule has 0 saturated heterocycles. The summed E-state index contributed by atoms with van der Waals surface area (Å²) in [5.74, 6) is 0.0514. The predicted molar refractivity (Wildman–Crippen MR) is 113 cm³/mol. The molecule has 29 heavy (non-hydrogen) atoms. The fourth-order valence-electron chi connectivity index (χ4n) is 2.97. The van der Waals surface area contributed by atoms with Crippen LogP contribution in [0, 0.1) is 6.92 Å². The minimum atomic E-state index is -0.508. The number of carbonyl (C=O) groups is 2. The fourth-order valence-corrected chi connectivity index (χ4v) is 3.97. The van der Waals surface area contributed by atoms with Crippen LogP contribution in [0.15, 0.2) is 54.7 Å². The van der Waals surface area contributed by atoms with Gasteiger partial charge in [-0.15, -0.1) is 0 Å². The Kier molecular flexibility index (Phi) is 4.77. The van der Waals surface area contributed by atoms with Crippen molar-refractivity contribution >= 4 is 33.8 Å². The van der Waals surface area contributed by atoms with Gasteiger partial charge >= 0.3 is 0 Å². The second-order valence-electron chi connectivity index (χ2n) is 6.42. The first-order valence-corrected chi connectivity index (χ1v) is 9.62. The van der Waals surface area contributed by atoms with Crippen LogP contribution in [0.2, 0.25) is 0 Å². The van der Waals surface area contributed by atoms with Gasteiger partial charge in [0.1, 0.15) is 10.6 Å². The van der Waals surface area contributed by atoms with Gasteiger partial charge in [-0.3, -0.25) is 14.0 Å². The maximum atomic E-state index is 12.7. The van der Waals surface area contributed by atoms with Crippen LogP contribution < -0.4 is 15.8 Å². The Hall–Kier alpha value is -3.65. The number of aryl methyl sites for hydroxylation is 1. The van der Waals surface area contributed by atoms with Gasteiger partial charge in [-0.05, 0) is 55.5 Å². The van der Waals surface area contributed by atoms with E-state index in [-0.39, 0.29) is 5.91 Å². The molecule has 0 fully saturated rings. The number of nitrogens with one attached hydrogen (secondary N) is 1. The standard InChI is InChI=1S/C21H18N4O3S/c1-12-18(20(27)23-15-7-3-14(4-8-15)19(22)26)29-21-24-17(11-25(12)21)13-5-9-16(28-2)10-6-13/h3-11H,1-2H3,(H2,22,26)(H,23,27). The maximum Gasteiger partial charge on any atom is 0.267 e. The van der Waals surface area contributed by atoms with Gasteiger partial charge in [0.15, 0.2) is 4.96 Å². The number of methoxy groups -OCH3 is 1. The molecular formula is C21H18N4O3S. The highest BCUT2D eigenvalue weighted by atomic mass is 32.1. The van der Waals surface area contributed by atoms with Crippen LogP contribution >= 0.6 is 11.3 Å². The average Bonchev–Trinajstić information content (AvgIpc) is 3.28. The number of thiazole rings is 1. The molecule has 3 N–H and O–H groups in total. The zero-order chi connectivity index (χ0) is 20.5. The number of primary amides is 1. The van der Waals surface area contributed by atoms with Gasteiger partial charge in [-0.2, -0.15) is 0 Å². The van der Waals surface area contributed by atoms with Crippen LogP contribution in [0.3, 0.4) is 0 Å². The van der Waals surface area contributed by atoms with Crippen LogP contribution in [0.4, 0.5) is 5.69 Å². The average molecular weight is 406 g/mol. The van der Waals surface area contributed by atoms with Gasteiger partial charge in [0.05, 0.1) is 12.8 Å². The lowest BCUT2D eigenvalue weighted by molar-refractivity contribution is 0.0998. The van der Waals surface area contributed by atoms with E-state index in [1.807, 2.05) is 41.8 Å². The second-order valence-corrected chi connectivity index (χ2v) is 7.40. The topological polar surface area (TPSA) is 98.7 Å². The molecule has 2 amide bonds. The first-order chi connectivity index (χ1) is 14.0. The summed E-state index contributed by atoms with van der Waals surface area (Å²) in [6, 6.07) is 14.1. The van der Waals surface area contributed by atoms with E-state index in [1.54, 1.807) is 31.4 Å². The zero-order valence-corrected chi connectivity index (χ0v) is 16.6. The van der Waals surface area contributed by atoms with Gasteiger partial charge < -0.3 is 15.8 Å². The number of anilines is 1. The van der Waals surface area contributed by atoms with Gasteiger partial charge in [0, 0.05) is 28.7 Å². The zero-order valence-electron chi connectivity index (χ0n) is 15.8. The maximum absolute atomic E-state index is 12.7. The Labute approximate surface area is 170 Å². The quantitative estimate of drug-likeness (QED) is 0.527. The summed E-state index contributed by atoms with van der Waals surface area (Å²) in [5, 5.41) is 2.84. The van der Waals surface area contributed by atoms with Crippen molar-refractivity contribution in [2.24, 2.45) is 5.73 Å². The van der Waals surface area contributed by atoms with E-state index in [9.17, 15) is 9.59 Å². The van der Waals surface area contributed by atoms with Crippen molar-refractivity contribution in [1.82, 2.24) is 9.38 Å². The predicted octanol–water partition coefficient (Wildman–Crippen LogP) is 3.73. The van der Waals surface area contributed by atoms with Crippen molar-refractivity contribution < 1.29 is 14.3 Å². The van der Waals surface area contributed by atoms with Gasteiger partial charge in [0.25, 0.3) is 5.91 Å². The largest absolute Gasteiger partial charge is 0.497 e. The number of hydrogen-bond acceptors (Lipinski definition) is 5. The Morgan fingerprint density at radius 3 is 2.38 bits per heavy atom. The van der Waals surface area contributed by atoms with E-state index in [0.29, 0.717) is 16.1 Å². The van der Waals surface area contributed by atoms with E-state index in [0.717, 1.165) is 27.7 Å². The number of aromatic nitrogens is 2. The van der Waals surface area contributed by atoms with Crippen LogP contribution in [0.25, 0.3) is 16.2 Å². The van der Waals surface area contributed by atoms with Crippen molar-refractivity contribution in [3.05, 3.63) is 70.9 Å². The normalized spacial score (nSPS) is 10.8. The van der Waals surface area contributed by atoms with Gasteiger partial charge in [0.2, 0.25) is 5.91 Å². The van der Waals surface area contributed by atoms with E-state index in [2.05, 4.69) is 10.3 Å². The molecule has 146 valence electrons. The molecule has 0 aliphatic carbocycles. The van der Waals surface area contributed by atoms with Gasteiger partial charge in [-0.25, -0.2) is 4.98 Å². The number of ether oxygens (including phenoxy) is 1.